The van der Waals surface area contributed by atoms with Crippen molar-refractivity contribution in [3.63, 3.8) is 0 Å². The second-order valence-corrected chi connectivity index (χ2v) is 10.2. The van der Waals surface area contributed by atoms with E-state index in [0.717, 1.165) is 42.5 Å². The van der Waals surface area contributed by atoms with Gasteiger partial charge in [0, 0.05) is 30.9 Å². The fourth-order valence-electron chi connectivity index (χ4n) is 4.17. The van der Waals surface area contributed by atoms with Crippen molar-refractivity contribution < 1.29 is 13.2 Å². The molecule has 0 saturated heterocycles. The van der Waals surface area contributed by atoms with Crippen molar-refractivity contribution in [2.24, 2.45) is 0 Å². The zero-order chi connectivity index (χ0) is 21.9. The van der Waals surface area contributed by atoms with E-state index < -0.39 is 10.0 Å². The summed E-state index contributed by atoms with van der Waals surface area (Å²) in [5, 5.41) is 0. The second-order valence-electron chi connectivity index (χ2n) is 8.18. The highest BCUT2D eigenvalue weighted by atomic mass is 32.2. The molecule has 0 aromatic heterocycles. The SMILES string of the molecule is CCN(C(=O)c1ccc(S(=O)(=O)N(C)C2CCCCC2)cc1)c1cc(C)ccc1C. The number of anilines is 1. The summed E-state index contributed by atoms with van der Waals surface area (Å²) in [5.41, 5.74) is 3.49. The van der Waals surface area contributed by atoms with Gasteiger partial charge in [0.25, 0.3) is 5.91 Å². The molecule has 0 heterocycles. The number of amides is 1. The maximum absolute atomic E-state index is 13.1. The van der Waals surface area contributed by atoms with Crippen LogP contribution in [0.15, 0.2) is 47.4 Å². The normalized spacial score (nSPS) is 15.4. The van der Waals surface area contributed by atoms with Gasteiger partial charge in [-0.2, -0.15) is 4.31 Å². The second kappa shape index (κ2) is 9.31. The summed E-state index contributed by atoms with van der Waals surface area (Å²) in [7, 11) is -1.89. The van der Waals surface area contributed by atoms with Crippen molar-refractivity contribution in [2.75, 3.05) is 18.5 Å². The molecule has 1 saturated carbocycles. The van der Waals surface area contributed by atoms with Crippen LogP contribution in [0.1, 0.15) is 60.5 Å². The van der Waals surface area contributed by atoms with E-state index in [-0.39, 0.29) is 16.8 Å². The van der Waals surface area contributed by atoms with E-state index in [0.29, 0.717) is 12.1 Å². The van der Waals surface area contributed by atoms with Crippen LogP contribution in [-0.2, 0) is 10.0 Å². The molecule has 5 nitrogen and oxygen atoms in total. The highest BCUT2D eigenvalue weighted by Gasteiger charge is 2.29. The van der Waals surface area contributed by atoms with E-state index in [2.05, 4.69) is 0 Å². The number of hydrogen-bond acceptors (Lipinski definition) is 3. The van der Waals surface area contributed by atoms with Crippen LogP contribution in [0.5, 0.6) is 0 Å². The zero-order valence-corrected chi connectivity index (χ0v) is 19.2. The molecule has 1 fully saturated rings. The van der Waals surface area contributed by atoms with Gasteiger partial charge in [0.2, 0.25) is 10.0 Å². The Morgan fingerprint density at radius 1 is 1.00 bits per heavy atom. The Labute approximate surface area is 180 Å². The maximum Gasteiger partial charge on any atom is 0.258 e. The van der Waals surface area contributed by atoms with Gasteiger partial charge in [-0.3, -0.25) is 4.79 Å². The Balaban J connectivity index is 1.83. The summed E-state index contributed by atoms with van der Waals surface area (Å²) < 4.78 is 27.6. The minimum absolute atomic E-state index is 0.0601. The largest absolute Gasteiger partial charge is 0.308 e. The molecular weight excluding hydrogens is 396 g/mol. The fourth-order valence-corrected chi connectivity index (χ4v) is 5.58. The van der Waals surface area contributed by atoms with E-state index in [1.165, 1.54) is 10.7 Å². The summed E-state index contributed by atoms with van der Waals surface area (Å²) in [5.74, 6) is -0.129. The fraction of sp³-hybridized carbons (Fsp3) is 0.458. The van der Waals surface area contributed by atoms with E-state index in [1.54, 1.807) is 36.2 Å². The number of sulfonamides is 1. The monoisotopic (exact) mass is 428 g/mol. The van der Waals surface area contributed by atoms with E-state index in [9.17, 15) is 13.2 Å². The topological polar surface area (TPSA) is 57.7 Å². The van der Waals surface area contributed by atoms with Crippen LogP contribution in [0.4, 0.5) is 5.69 Å². The standard InChI is InChI=1S/C24H32N2O3S/c1-5-26(23-17-18(2)11-12-19(23)3)24(27)20-13-15-22(16-14-20)30(28,29)25(4)21-9-7-6-8-10-21/h11-17,21H,5-10H2,1-4H3. The molecule has 0 spiro atoms. The highest BCUT2D eigenvalue weighted by molar-refractivity contribution is 7.89. The van der Waals surface area contributed by atoms with Gasteiger partial charge in [-0.15, -0.1) is 0 Å². The van der Waals surface area contributed by atoms with Crippen molar-refractivity contribution >= 4 is 21.6 Å². The van der Waals surface area contributed by atoms with E-state index in [4.69, 9.17) is 0 Å². The molecule has 0 atom stereocenters. The van der Waals surface area contributed by atoms with Gasteiger partial charge in [0.1, 0.15) is 0 Å². The smallest absolute Gasteiger partial charge is 0.258 e. The molecule has 0 bridgehead atoms. The van der Waals surface area contributed by atoms with Gasteiger partial charge in [-0.1, -0.05) is 31.4 Å². The zero-order valence-electron chi connectivity index (χ0n) is 18.4. The van der Waals surface area contributed by atoms with Crippen LogP contribution in [-0.4, -0.2) is 38.3 Å². The first-order valence-corrected chi connectivity index (χ1v) is 12.2. The van der Waals surface area contributed by atoms with Crippen LogP contribution >= 0.6 is 0 Å². The third-order valence-electron chi connectivity index (χ3n) is 6.08. The molecule has 2 aromatic rings. The predicted molar refractivity (Wildman–Crippen MR) is 122 cm³/mol. The lowest BCUT2D eigenvalue weighted by Gasteiger charge is -2.30. The summed E-state index contributed by atoms with van der Waals surface area (Å²) in [6, 6.07) is 12.5. The van der Waals surface area contributed by atoms with Crippen molar-refractivity contribution in [3.8, 4) is 0 Å². The lowest BCUT2D eigenvalue weighted by Crippen LogP contribution is -2.38. The number of rotatable bonds is 6. The summed E-state index contributed by atoms with van der Waals surface area (Å²) in [6.07, 6.45) is 5.14. The highest BCUT2D eigenvalue weighted by Crippen LogP contribution is 2.27. The molecule has 0 unspecified atom stereocenters. The molecule has 1 aliphatic rings. The molecule has 6 heteroatoms. The number of benzene rings is 2. The third-order valence-corrected chi connectivity index (χ3v) is 8.01. The molecule has 30 heavy (non-hydrogen) atoms. The lowest BCUT2D eigenvalue weighted by molar-refractivity contribution is 0.0988. The maximum atomic E-state index is 13.1. The van der Waals surface area contributed by atoms with Crippen molar-refractivity contribution in [1.29, 1.82) is 0 Å². The molecule has 0 radical (unpaired) electrons. The number of hydrogen-bond donors (Lipinski definition) is 0. The van der Waals surface area contributed by atoms with Crippen LogP contribution in [0, 0.1) is 13.8 Å². The number of carbonyl (C=O) groups is 1. The van der Waals surface area contributed by atoms with Gasteiger partial charge in [0.15, 0.2) is 0 Å². The van der Waals surface area contributed by atoms with Gasteiger partial charge < -0.3 is 4.90 Å². The molecule has 162 valence electrons. The molecular formula is C24H32N2O3S. The summed E-state index contributed by atoms with van der Waals surface area (Å²) in [6.45, 7) is 6.47. The van der Waals surface area contributed by atoms with Crippen LogP contribution < -0.4 is 4.90 Å². The Kier molecular flexibility index (Phi) is 6.98. The summed E-state index contributed by atoms with van der Waals surface area (Å²) in [4.78, 5) is 15.1. The average Bonchev–Trinajstić information content (AvgIpc) is 2.76. The summed E-state index contributed by atoms with van der Waals surface area (Å²) >= 11 is 0. The molecule has 0 N–H and O–H groups in total. The minimum atomic E-state index is -3.56. The van der Waals surface area contributed by atoms with Crippen LogP contribution in [0.3, 0.4) is 0 Å². The first-order chi connectivity index (χ1) is 14.3. The van der Waals surface area contributed by atoms with Crippen LogP contribution in [0.2, 0.25) is 0 Å². The first-order valence-electron chi connectivity index (χ1n) is 10.7. The predicted octanol–water partition coefficient (Wildman–Crippen LogP) is 4.92. The Morgan fingerprint density at radius 3 is 2.23 bits per heavy atom. The number of carbonyl (C=O) groups excluding carboxylic acids is 1. The van der Waals surface area contributed by atoms with Crippen LogP contribution in [0.25, 0.3) is 0 Å². The average molecular weight is 429 g/mol. The quantitative estimate of drug-likeness (QED) is 0.656. The van der Waals surface area contributed by atoms with Gasteiger partial charge in [-0.05, 0) is 75.1 Å². The van der Waals surface area contributed by atoms with Crippen molar-refractivity contribution in [1.82, 2.24) is 4.31 Å². The molecule has 1 amide bonds. The first kappa shape index (κ1) is 22.5. The molecule has 2 aromatic carbocycles. The van der Waals surface area contributed by atoms with Gasteiger partial charge in [0.05, 0.1) is 4.90 Å². The Bertz CT molecular complexity index is 994. The van der Waals surface area contributed by atoms with E-state index in [1.807, 2.05) is 39.0 Å². The number of nitrogens with zero attached hydrogens (tertiary/aromatic N) is 2. The molecule has 1 aliphatic carbocycles. The lowest BCUT2D eigenvalue weighted by atomic mass is 9.96. The van der Waals surface area contributed by atoms with Gasteiger partial charge in [-0.25, -0.2) is 8.42 Å². The molecule has 3 rings (SSSR count). The Hall–Kier alpha value is -2.18. The van der Waals surface area contributed by atoms with Crippen molar-refractivity contribution in [3.05, 3.63) is 59.2 Å². The van der Waals surface area contributed by atoms with E-state index >= 15 is 0 Å². The molecule has 0 aliphatic heterocycles. The van der Waals surface area contributed by atoms with Crippen molar-refractivity contribution in [2.45, 2.75) is 63.8 Å². The number of aryl methyl sites for hydroxylation is 2. The van der Waals surface area contributed by atoms with Gasteiger partial charge >= 0.3 is 0 Å². The third kappa shape index (κ3) is 4.60. The minimum Gasteiger partial charge on any atom is -0.308 e. The Morgan fingerprint density at radius 2 is 1.63 bits per heavy atom.